The molecule has 0 fully saturated rings. The third-order valence-corrected chi connectivity index (χ3v) is 4.83. The standard InChI is InChI=1S/C20H25N3S/c1-6-9-10-16-15(5)22-12-17(16)18-13-24-20(23-18)19(14(4)8-3)21-11-7-2/h6-7,9-14,22H,1,8H2,2-5H3/b10-9-,11-7-,21-19+. The van der Waals surface area contributed by atoms with Crippen molar-refractivity contribution in [3.63, 3.8) is 0 Å². The first-order chi connectivity index (χ1) is 11.6. The Morgan fingerprint density at radius 2 is 2.29 bits per heavy atom. The quantitative estimate of drug-likeness (QED) is 0.487. The fourth-order valence-electron chi connectivity index (χ4n) is 2.39. The van der Waals surface area contributed by atoms with Crippen LogP contribution in [0.15, 0.2) is 47.6 Å². The molecule has 0 saturated heterocycles. The molecule has 24 heavy (non-hydrogen) atoms. The zero-order valence-electron chi connectivity index (χ0n) is 14.8. The average molecular weight is 340 g/mol. The lowest BCUT2D eigenvalue weighted by molar-refractivity contribution is 0.739. The SMILES string of the molecule is C=C/C=C\c1c(-c2csc(/C(=N/C=C\C)C(C)CC)n2)c[nH]c1C. The summed E-state index contributed by atoms with van der Waals surface area (Å²) in [7, 11) is 0. The second kappa shape index (κ2) is 8.60. The number of hydrogen-bond donors (Lipinski definition) is 1. The summed E-state index contributed by atoms with van der Waals surface area (Å²) < 4.78 is 0. The monoisotopic (exact) mass is 339 g/mol. The van der Waals surface area contributed by atoms with Gasteiger partial charge in [0.25, 0.3) is 0 Å². The first kappa shape index (κ1) is 18.1. The van der Waals surface area contributed by atoms with Crippen LogP contribution in [0.1, 0.15) is 43.5 Å². The van der Waals surface area contributed by atoms with Crippen LogP contribution in [0.5, 0.6) is 0 Å². The summed E-state index contributed by atoms with van der Waals surface area (Å²) in [6, 6.07) is 0. The van der Waals surface area contributed by atoms with Gasteiger partial charge in [-0.2, -0.15) is 0 Å². The zero-order valence-corrected chi connectivity index (χ0v) is 15.7. The second-order valence-electron chi connectivity index (χ2n) is 5.68. The van der Waals surface area contributed by atoms with Gasteiger partial charge in [-0.05, 0) is 20.3 Å². The number of nitrogens with one attached hydrogen (secondary N) is 1. The molecule has 4 heteroatoms. The third kappa shape index (κ3) is 4.01. The van der Waals surface area contributed by atoms with Crippen LogP contribution >= 0.6 is 11.3 Å². The highest BCUT2D eigenvalue weighted by Crippen LogP contribution is 2.29. The lowest BCUT2D eigenvalue weighted by Gasteiger charge is -2.09. The van der Waals surface area contributed by atoms with Crippen LogP contribution in [0.25, 0.3) is 17.3 Å². The highest BCUT2D eigenvalue weighted by atomic mass is 32.1. The molecule has 2 aromatic heterocycles. The van der Waals surface area contributed by atoms with Crippen molar-refractivity contribution in [2.45, 2.75) is 34.1 Å². The molecule has 0 aliphatic rings. The largest absolute Gasteiger partial charge is 0.364 e. The molecule has 3 nitrogen and oxygen atoms in total. The Labute approximate surface area is 148 Å². The topological polar surface area (TPSA) is 41.0 Å². The zero-order chi connectivity index (χ0) is 17.5. The van der Waals surface area contributed by atoms with Crippen LogP contribution in [-0.2, 0) is 0 Å². The number of rotatable bonds is 7. The molecule has 2 heterocycles. The van der Waals surface area contributed by atoms with Crippen LogP contribution in [0.2, 0.25) is 0 Å². The molecule has 0 aliphatic heterocycles. The fourth-order valence-corrected chi connectivity index (χ4v) is 3.31. The van der Waals surface area contributed by atoms with Gasteiger partial charge in [-0.1, -0.05) is 44.7 Å². The molecule has 0 aromatic carbocycles. The predicted octanol–water partition coefficient (Wildman–Crippen LogP) is 6.01. The number of hydrogen-bond acceptors (Lipinski definition) is 3. The van der Waals surface area contributed by atoms with Crippen molar-refractivity contribution in [3.8, 4) is 11.3 Å². The molecule has 0 radical (unpaired) electrons. The molecular weight excluding hydrogens is 314 g/mol. The van der Waals surface area contributed by atoms with Crippen molar-refractivity contribution in [2.24, 2.45) is 10.9 Å². The van der Waals surface area contributed by atoms with Gasteiger partial charge in [-0.3, -0.25) is 4.99 Å². The number of H-pyrrole nitrogens is 1. The smallest absolute Gasteiger partial charge is 0.138 e. The lowest BCUT2D eigenvalue weighted by Crippen LogP contribution is -2.11. The maximum absolute atomic E-state index is 4.86. The summed E-state index contributed by atoms with van der Waals surface area (Å²) in [6.45, 7) is 12.2. The predicted molar refractivity (Wildman–Crippen MR) is 107 cm³/mol. The van der Waals surface area contributed by atoms with E-state index in [0.717, 1.165) is 39.7 Å². The minimum atomic E-state index is 0.383. The van der Waals surface area contributed by atoms with Crippen molar-refractivity contribution in [1.82, 2.24) is 9.97 Å². The summed E-state index contributed by atoms with van der Waals surface area (Å²) in [4.78, 5) is 12.8. The van der Waals surface area contributed by atoms with E-state index in [9.17, 15) is 0 Å². The Morgan fingerprint density at radius 3 is 2.96 bits per heavy atom. The van der Waals surface area contributed by atoms with Gasteiger partial charge < -0.3 is 4.98 Å². The van der Waals surface area contributed by atoms with Crippen LogP contribution in [0.3, 0.4) is 0 Å². The molecular formula is C20H25N3S. The number of thiazole rings is 1. The van der Waals surface area contributed by atoms with Crippen molar-refractivity contribution in [3.05, 3.63) is 58.8 Å². The fraction of sp³-hybridized carbons (Fsp3) is 0.300. The molecule has 0 aliphatic carbocycles. The van der Waals surface area contributed by atoms with Gasteiger partial charge in [0.2, 0.25) is 0 Å². The van der Waals surface area contributed by atoms with Crippen LogP contribution < -0.4 is 0 Å². The molecule has 0 saturated carbocycles. The van der Waals surface area contributed by atoms with Crippen molar-refractivity contribution >= 4 is 23.1 Å². The van der Waals surface area contributed by atoms with E-state index in [1.807, 2.05) is 31.5 Å². The summed E-state index contributed by atoms with van der Waals surface area (Å²) in [5.41, 5.74) is 5.44. The molecule has 0 bridgehead atoms. The van der Waals surface area contributed by atoms with Crippen LogP contribution in [0, 0.1) is 12.8 Å². The van der Waals surface area contributed by atoms with Gasteiger partial charge in [-0.15, -0.1) is 11.3 Å². The van der Waals surface area contributed by atoms with E-state index in [1.165, 1.54) is 0 Å². The molecule has 1 unspecified atom stereocenters. The highest BCUT2D eigenvalue weighted by molar-refractivity contribution is 7.12. The van der Waals surface area contributed by atoms with Gasteiger partial charge in [0.1, 0.15) is 5.01 Å². The van der Waals surface area contributed by atoms with E-state index < -0.39 is 0 Å². The number of aromatic nitrogens is 2. The summed E-state index contributed by atoms with van der Waals surface area (Å²) in [5, 5.41) is 3.10. The number of aryl methyl sites for hydroxylation is 1. The van der Waals surface area contributed by atoms with Crippen LogP contribution in [0.4, 0.5) is 0 Å². The number of aliphatic imine (C=N–C) groups is 1. The Bertz CT molecular complexity index is 775. The van der Waals surface area contributed by atoms with Crippen molar-refractivity contribution in [1.29, 1.82) is 0 Å². The van der Waals surface area contributed by atoms with Gasteiger partial charge in [0.05, 0.1) is 11.4 Å². The summed E-state index contributed by atoms with van der Waals surface area (Å²) >= 11 is 1.65. The molecule has 1 atom stereocenters. The number of aromatic amines is 1. The molecule has 0 spiro atoms. The maximum atomic E-state index is 4.86. The molecule has 2 rings (SSSR count). The minimum absolute atomic E-state index is 0.383. The average Bonchev–Trinajstić information content (AvgIpc) is 3.20. The van der Waals surface area contributed by atoms with Gasteiger partial charge in [0.15, 0.2) is 0 Å². The summed E-state index contributed by atoms with van der Waals surface area (Å²) in [5.74, 6) is 0.383. The Morgan fingerprint density at radius 1 is 1.50 bits per heavy atom. The molecule has 2 aromatic rings. The van der Waals surface area contributed by atoms with E-state index >= 15 is 0 Å². The minimum Gasteiger partial charge on any atom is -0.364 e. The van der Waals surface area contributed by atoms with E-state index in [0.29, 0.717) is 5.92 Å². The highest BCUT2D eigenvalue weighted by Gasteiger charge is 2.17. The first-order valence-electron chi connectivity index (χ1n) is 8.24. The van der Waals surface area contributed by atoms with Crippen LogP contribution in [-0.4, -0.2) is 15.7 Å². The third-order valence-electron chi connectivity index (χ3n) is 3.97. The van der Waals surface area contributed by atoms with E-state index in [2.05, 4.69) is 48.8 Å². The second-order valence-corrected chi connectivity index (χ2v) is 6.54. The van der Waals surface area contributed by atoms with Gasteiger partial charge in [0, 0.05) is 40.5 Å². The van der Waals surface area contributed by atoms with Gasteiger partial charge in [-0.25, -0.2) is 4.98 Å². The lowest BCUT2D eigenvalue weighted by atomic mass is 10.0. The molecule has 1 N–H and O–H groups in total. The van der Waals surface area contributed by atoms with Gasteiger partial charge >= 0.3 is 0 Å². The Balaban J connectivity index is 2.43. The number of nitrogens with zero attached hydrogens (tertiary/aromatic N) is 2. The first-order valence-corrected chi connectivity index (χ1v) is 9.12. The van der Waals surface area contributed by atoms with Crippen molar-refractivity contribution in [2.75, 3.05) is 0 Å². The Hall–Kier alpha value is -2.20. The van der Waals surface area contributed by atoms with E-state index in [4.69, 9.17) is 4.98 Å². The summed E-state index contributed by atoms with van der Waals surface area (Å²) in [6.07, 6.45) is 12.7. The normalized spacial score (nSPS) is 13.9. The molecule has 126 valence electrons. The maximum Gasteiger partial charge on any atom is 0.138 e. The molecule has 0 amide bonds. The Kier molecular flexibility index (Phi) is 6.50. The van der Waals surface area contributed by atoms with E-state index in [1.54, 1.807) is 17.4 Å². The van der Waals surface area contributed by atoms with Crippen molar-refractivity contribution < 1.29 is 0 Å². The number of allylic oxidation sites excluding steroid dienone is 3. The van der Waals surface area contributed by atoms with E-state index in [-0.39, 0.29) is 0 Å².